The summed E-state index contributed by atoms with van der Waals surface area (Å²) in [5, 5.41) is 9.76. The van der Waals surface area contributed by atoms with Crippen LogP contribution in [0.3, 0.4) is 0 Å². The molecule has 0 spiro atoms. The maximum Gasteiger partial charge on any atom is 0.288 e. The van der Waals surface area contributed by atoms with E-state index in [1.165, 1.54) is 6.07 Å². The summed E-state index contributed by atoms with van der Waals surface area (Å²) in [6.07, 6.45) is 2.18. The van der Waals surface area contributed by atoms with E-state index in [0.29, 0.717) is 24.8 Å². The number of halogens is 1. The van der Waals surface area contributed by atoms with Gasteiger partial charge in [-0.15, -0.1) is 0 Å². The molecule has 21 heavy (non-hydrogen) atoms. The fourth-order valence-corrected chi connectivity index (χ4v) is 4.54. The molecule has 2 rings (SSSR count). The van der Waals surface area contributed by atoms with Crippen LogP contribution in [0.2, 0.25) is 0 Å². The van der Waals surface area contributed by atoms with Crippen LogP contribution in [0.1, 0.15) is 42.1 Å². The van der Waals surface area contributed by atoms with Crippen molar-refractivity contribution in [3.63, 3.8) is 0 Å². The fraction of sp³-hybridized carbons (Fsp3) is 0.462. The number of nitrogens with zero attached hydrogens (tertiary/aromatic N) is 1. The van der Waals surface area contributed by atoms with Gasteiger partial charge < -0.3 is 0 Å². The number of rotatable bonds is 5. The van der Waals surface area contributed by atoms with Gasteiger partial charge >= 0.3 is 0 Å². The first-order valence-electron chi connectivity index (χ1n) is 6.54. The summed E-state index contributed by atoms with van der Waals surface area (Å²) in [4.78, 5) is 21.4. The van der Waals surface area contributed by atoms with E-state index in [1.54, 1.807) is 6.92 Å². The topological polar surface area (TPSA) is 94.3 Å². The van der Waals surface area contributed by atoms with Gasteiger partial charge in [0.05, 0.1) is 10.2 Å². The van der Waals surface area contributed by atoms with Gasteiger partial charge in [0.15, 0.2) is 9.84 Å². The van der Waals surface area contributed by atoms with Crippen LogP contribution in [0.15, 0.2) is 17.0 Å². The molecule has 8 heteroatoms. The Balaban J connectivity index is 2.69. The standard InChI is InChI=1S/C13H14ClNO5S/c1-2-8-6-12(21(19,20)9-4-3-5-9)11(15(17)18)7-10(8)13(14)16/h6-7,9H,2-5H2,1H3. The molecule has 0 saturated heterocycles. The molecular formula is C13H14ClNO5S. The van der Waals surface area contributed by atoms with E-state index in [-0.39, 0.29) is 10.5 Å². The van der Waals surface area contributed by atoms with Crippen molar-refractivity contribution in [1.29, 1.82) is 0 Å². The molecule has 0 heterocycles. The molecule has 0 unspecified atom stereocenters. The molecule has 1 aromatic rings. The Hall–Kier alpha value is -1.47. The second kappa shape index (κ2) is 5.73. The van der Waals surface area contributed by atoms with Gasteiger partial charge in [0.1, 0.15) is 4.90 Å². The largest absolute Gasteiger partial charge is 0.288 e. The summed E-state index contributed by atoms with van der Waals surface area (Å²) in [6.45, 7) is 1.73. The van der Waals surface area contributed by atoms with E-state index in [0.717, 1.165) is 12.5 Å². The molecule has 0 atom stereocenters. The molecule has 0 aliphatic heterocycles. The summed E-state index contributed by atoms with van der Waals surface area (Å²) in [5.74, 6) is 0. The number of aryl methyl sites for hydroxylation is 1. The molecule has 1 fully saturated rings. The lowest BCUT2D eigenvalue weighted by molar-refractivity contribution is -0.387. The van der Waals surface area contributed by atoms with Gasteiger partial charge in [-0.25, -0.2) is 8.42 Å². The molecule has 0 aromatic heterocycles. The molecular weight excluding hydrogens is 318 g/mol. The van der Waals surface area contributed by atoms with Gasteiger partial charge in [-0.1, -0.05) is 13.3 Å². The number of carbonyl (C=O) groups excluding carboxylic acids is 1. The number of hydrogen-bond donors (Lipinski definition) is 0. The molecule has 1 aliphatic rings. The van der Waals surface area contributed by atoms with Gasteiger partial charge in [-0.2, -0.15) is 0 Å². The molecule has 0 N–H and O–H groups in total. The van der Waals surface area contributed by atoms with Crippen LogP contribution >= 0.6 is 11.6 Å². The maximum absolute atomic E-state index is 12.5. The normalized spacial score (nSPS) is 15.5. The second-order valence-electron chi connectivity index (χ2n) is 4.96. The Morgan fingerprint density at radius 3 is 2.43 bits per heavy atom. The van der Waals surface area contributed by atoms with Crippen molar-refractivity contribution in [3.05, 3.63) is 33.4 Å². The fourth-order valence-electron chi connectivity index (χ4n) is 2.32. The average Bonchev–Trinajstić information content (AvgIpc) is 2.34. The van der Waals surface area contributed by atoms with Gasteiger partial charge in [0.2, 0.25) is 0 Å². The van der Waals surface area contributed by atoms with Crippen LogP contribution in [-0.2, 0) is 16.3 Å². The molecule has 1 aromatic carbocycles. The Kier molecular flexibility index (Phi) is 4.34. The minimum atomic E-state index is -3.75. The SMILES string of the molecule is CCc1cc(S(=O)(=O)C2CCC2)c([N+](=O)[O-])cc1C(=O)Cl. The second-order valence-corrected chi connectivity index (χ2v) is 7.50. The van der Waals surface area contributed by atoms with E-state index < -0.39 is 30.9 Å². The van der Waals surface area contributed by atoms with E-state index >= 15 is 0 Å². The van der Waals surface area contributed by atoms with Gasteiger partial charge in [0, 0.05) is 11.6 Å². The first-order chi connectivity index (χ1) is 9.78. The van der Waals surface area contributed by atoms with Crippen LogP contribution in [0.25, 0.3) is 0 Å². The van der Waals surface area contributed by atoms with Crippen molar-refractivity contribution in [2.75, 3.05) is 0 Å². The van der Waals surface area contributed by atoms with Gasteiger partial charge in [-0.3, -0.25) is 14.9 Å². The van der Waals surface area contributed by atoms with Crippen molar-refractivity contribution in [1.82, 2.24) is 0 Å². The number of hydrogen-bond acceptors (Lipinski definition) is 5. The zero-order valence-electron chi connectivity index (χ0n) is 11.3. The minimum Gasteiger partial charge on any atom is -0.276 e. The zero-order chi connectivity index (χ0) is 15.8. The number of nitro groups is 1. The van der Waals surface area contributed by atoms with E-state index in [2.05, 4.69) is 0 Å². The third-order valence-electron chi connectivity index (χ3n) is 3.77. The quantitative estimate of drug-likeness (QED) is 0.469. The van der Waals surface area contributed by atoms with Crippen LogP contribution in [-0.4, -0.2) is 23.8 Å². The van der Waals surface area contributed by atoms with Crippen molar-refractivity contribution in [3.8, 4) is 0 Å². The van der Waals surface area contributed by atoms with Crippen LogP contribution < -0.4 is 0 Å². The highest BCUT2D eigenvalue weighted by molar-refractivity contribution is 7.92. The van der Waals surface area contributed by atoms with Crippen LogP contribution in [0.4, 0.5) is 5.69 Å². The average molecular weight is 332 g/mol. The Morgan fingerprint density at radius 1 is 1.43 bits per heavy atom. The van der Waals surface area contributed by atoms with Crippen molar-refractivity contribution in [2.45, 2.75) is 42.8 Å². The van der Waals surface area contributed by atoms with Gasteiger partial charge in [-0.05, 0) is 42.5 Å². The lowest BCUT2D eigenvalue weighted by atomic mass is 10.00. The summed E-state index contributed by atoms with van der Waals surface area (Å²) in [7, 11) is -3.75. The monoisotopic (exact) mass is 331 g/mol. The van der Waals surface area contributed by atoms with E-state index in [9.17, 15) is 23.3 Å². The van der Waals surface area contributed by atoms with Crippen molar-refractivity contribution < 1.29 is 18.1 Å². The number of carbonyl (C=O) groups is 1. The Morgan fingerprint density at radius 2 is 2.05 bits per heavy atom. The Labute approximate surface area is 127 Å². The maximum atomic E-state index is 12.5. The predicted octanol–water partition coefficient (Wildman–Crippen LogP) is 2.86. The molecule has 1 saturated carbocycles. The lowest BCUT2D eigenvalue weighted by Gasteiger charge is -2.25. The van der Waals surface area contributed by atoms with E-state index in [4.69, 9.17) is 11.6 Å². The smallest absolute Gasteiger partial charge is 0.276 e. The molecule has 1 aliphatic carbocycles. The Bertz CT molecular complexity index is 710. The summed E-state index contributed by atoms with van der Waals surface area (Å²) in [5.41, 5.74) is -0.194. The molecule has 0 radical (unpaired) electrons. The first kappa shape index (κ1) is 15.9. The first-order valence-corrected chi connectivity index (χ1v) is 8.46. The summed E-state index contributed by atoms with van der Waals surface area (Å²) < 4.78 is 24.9. The number of sulfone groups is 1. The summed E-state index contributed by atoms with van der Waals surface area (Å²) >= 11 is 5.42. The third kappa shape index (κ3) is 2.80. The zero-order valence-corrected chi connectivity index (χ0v) is 12.9. The highest BCUT2D eigenvalue weighted by atomic mass is 35.5. The molecule has 6 nitrogen and oxygen atoms in total. The molecule has 114 valence electrons. The number of nitro benzene ring substituents is 1. The number of benzene rings is 1. The minimum absolute atomic E-state index is 0.0153. The van der Waals surface area contributed by atoms with Gasteiger partial charge in [0.25, 0.3) is 10.9 Å². The molecule has 0 amide bonds. The highest BCUT2D eigenvalue weighted by Gasteiger charge is 2.38. The predicted molar refractivity (Wildman–Crippen MR) is 77.5 cm³/mol. The lowest BCUT2D eigenvalue weighted by Crippen LogP contribution is -2.29. The van der Waals surface area contributed by atoms with E-state index in [1.807, 2.05) is 0 Å². The van der Waals surface area contributed by atoms with Crippen LogP contribution in [0, 0.1) is 10.1 Å². The third-order valence-corrected chi connectivity index (χ3v) is 6.26. The molecule has 0 bridgehead atoms. The summed E-state index contributed by atoms with van der Waals surface area (Å²) in [6, 6.07) is 2.20. The van der Waals surface area contributed by atoms with Crippen LogP contribution in [0.5, 0.6) is 0 Å². The van der Waals surface area contributed by atoms with Crippen molar-refractivity contribution in [2.24, 2.45) is 0 Å². The highest BCUT2D eigenvalue weighted by Crippen LogP contribution is 2.37. The van der Waals surface area contributed by atoms with Crippen molar-refractivity contribution >= 4 is 32.4 Å².